The van der Waals surface area contributed by atoms with Crippen molar-refractivity contribution in [2.45, 2.75) is 25.2 Å². The lowest BCUT2D eigenvalue weighted by Gasteiger charge is -2.24. The Balaban J connectivity index is 1.48. The number of phenolic OH excluding ortho intramolecular Hbond substituents is 1. The molecule has 162 valence electrons. The third kappa shape index (κ3) is 3.12. The van der Waals surface area contributed by atoms with Crippen molar-refractivity contribution in [1.29, 1.82) is 0 Å². The molecule has 4 heteroatoms. The molecule has 1 aliphatic heterocycles. The molecular formula is C29H22BrNO2. The highest BCUT2D eigenvalue weighted by Crippen LogP contribution is 2.52. The van der Waals surface area contributed by atoms with Gasteiger partial charge >= 0.3 is 0 Å². The first-order chi connectivity index (χ1) is 16.0. The second-order valence-corrected chi connectivity index (χ2v) is 9.75. The number of fused-ring (bicyclic) bond motifs is 3. The molecule has 0 fully saturated rings. The van der Waals surface area contributed by atoms with Gasteiger partial charge in [0.15, 0.2) is 0 Å². The number of anilines is 1. The molecule has 0 saturated carbocycles. The van der Waals surface area contributed by atoms with Gasteiger partial charge in [0.1, 0.15) is 5.75 Å². The van der Waals surface area contributed by atoms with Crippen molar-refractivity contribution < 1.29 is 9.90 Å². The van der Waals surface area contributed by atoms with E-state index in [4.69, 9.17) is 0 Å². The number of benzene rings is 4. The van der Waals surface area contributed by atoms with Crippen molar-refractivity contribution in [2.24, 2.45) is 0 Å². The van der Waals surface area contributed by atoms with Crippen LogP contribution in [0.5, 0.6) is 5.75 Å². The molecule has 0 radical (unpaired) electrons. The van der Waals surface area contributed by atoms with E-state index in [0.717, 1.165) is 48.8 Å². The zero-order valence-electron chi connectivity index (χ0n) is 18.1. The van der Waals surface area contributed by atoms with Gasteiger partial charge < -0.3 is 10.4 Å². The van der Waals surface area contributed by atoms with Crippen LogP contribution >= 0.6 is 15.9 Å². The van der Waals surface area contributed by atoms with Crippen LogP contribution in [0.15, 0.2) is 82.8 Å². The van der Waals surface area contributed by atoms with Gasteiger partial charge in [0.05, 0.1) is 5.92 Å². The fourth-order valence-electron chi connectivity index (χ4n) is 5.50. The van der Waals surface area contributed by atoms with Crippen molar-refractivity contribution in [3.63, 3.8) is 0 Å². The highest BCUT2D eigenvalue weighted by molar-refractivity contribution is 9.10. The molecule has 1 heterocycles. The van der Waals surface area contributed by atoms with Gasteiger partial charge in [-0.25, -0.2) is 0 Å². The van der Waals surface area contributed by atoms with Gasteiger partial charge in [0.25, 0.3) is 0 Å². The second-order valence-electron chi connectivity index (χ2n) is 8.90. The number of nitrogens with one attached hydrogen (secondary N) is 1. The van der Waals surface area contributed by atoms with E-state index in [0.29, 0.717) is 12.2 Å². The van der Waals surface area contributed by atoms with Crippen LogP contribution in [0.3, 0.4) is 0 Å². The van der Waals surface area contributed by atoms with Gasteiger partial charge in [-0.2, -0.15) is 0 Å². The molecule has 33 heavy (non-hydrogen) atoms. The van der Waals surface area contributed by atoms with Crippen molar-refractivity contribution in [3.8, 4) is 5.75 Å². The number of halogens is 1. The quantitative estimate of drug-likeness (QED) is 0.319. The smallest absolute Gasteiger partial charge is 0.232 e. The zero-order valence-corrected chi connectivity index (χ0v) is 19.7. The zero-order chi connectivity index (χ0) is 22.7. The normalized spacial score (nSPS) is 18.7. The van der Waals surface area contributed by atoms with Crippen LogP contribution in [0, 0.1) is 6.92 Å². The lowest BCUT2D eigenvalue weighted by atomic mass is 9.77. The third-order valence-electron chi connectivity index (χ3n) is 7.08. The van der Waals surface area contributed by atoms with Gasteiger partial charge in [0, 0.05) is 21.5 Å². The van der Waals surface area contributed by atoms with Crippen LogP contribution in [0.25, 0.3) is 16.8 Å². The molecule has 2 N–H and O–H groups in total. The molecule has 4 aromatic carbocycles. The van der Waals surface area contributed by atoms with Gasteiger partial charge in [-0.3, -0.25) is 4.79 Å². The van der Waals surface area contributed by atoms with E-state index in [9.17, 15) is 9.90 Å². The standard InChI is InChI=1S/C29H22BrNO2/c1-16-23(30)12-13-24-25(16)27(29(33)31-24)26-20(14-18-7-3-4-8-21(18)26)15-19-11-10-17-6-2-5-9-22(17)28(19)32/h2-14,26-27,32H,15H2,1H3,(H,31,33). The maximum atomic E-state index is 13.3. The largest absolute Gasteiger partial charge is 0.507 e. The molecule has 0 aromatic heterocycles. The first kappa shape index (κ1) is 20.3. The number of rotatable bonds is 3. The Morgan fingerprint density at radius 1 is 0.939 bits per heavy atom. The van der Waals surface area contributed by atoms with Gasteiger partial charge in [0.2, 0.25) is 5.91 Å². The van der Waals surface area contributed by atoms with Crippen molar-refractivity contribution in [3.05, 3.63) is 111 Å². The summed E-state index contributed by atoms with van der Waals surface area (Å²) in [5.41, 5.74) is 7.38. The first-order valence-corrected chi connectivity index (χ1v) is 11.9. The van der Waals surface area contributed by atoms with Gasteiger partial charge in [-0.1, -0.05) is 88.2 Å². The topological polar surface area (TPSA) is 49.3 Å². The lowest BCUT2D eigenvalue weighted by molar-refractivity contribution is -0.117. The van der Waals surface area contributed by atoms with E-state index < -0.39 is 0 Å². The molecule has 2 atom stereocenters. The van der Waals surface area contributed by atoms with Crippen molar-refractivity contribution in [2.75, 3.05) is 5.32 Å². The Kier molecular flexibility index (Phi) is 4.66. The molecule has 0 bridgehead atoms. The fourth-order valence-corrected chi connectivity index (χ4v) is 5.85. The summed E-state index contributed by atoms with van der Waals surface area (Å²) in [7, 11) is 0. The van der Waals surface area contributed by atoms with Crippen LogP contribution in [0.4, 0.5) is 5.69 Å². The van der Waals surface area contributed by atoms with Gasteiger partial charge in [-0.05, 0) is 58.7 Å². The summed E-state index contributed by atoms with van der Waals surface area (Å²) >= 11 is 3.65. The summed E-state index contributed by atoms with van der Waals surface area (Å²) in [5.74, 6) is -0.0447. The first-order valence-electron chi connectivity index (χ1n) is 11.1. The van der Waals surface area contributed by atoms with E-state index in [1.54, 1.807) is 0 Å². The van der Waals surface area contributed by atoms with Crippen molar-refractivity contribution >= 4 is 44.4 Å². The Labute approximate surface area is 200 Å². The van der Waals surface area contributed by atoms with E-state index in [-0.39, 0.29) is 17.7 Å². The number of carbonyl (C=O) groups is 1. The molecule has 3 nitrogen and oxygen atoms in total. The number of aromatic hydroxyl groups is 1. The highest BCUT2D eigenvalue weighted by Gasteiger charge is 2.43. The third-order valence-corrected chi connectivity index (χ3v) is 7.94. The molecular weight excluding hydrogens is 474 g/mol. The SMILES string of the molecule is Cc1c(Br)ccc2c1C(C1C(Cc3ccc4ccccc4c3O)=Cc3ccccc31)C(=O)N2. The van der Waals surface area contributed by atoms with Crippen LogP contribution < -0.4 is 5.32 Å². The van der Waals surface area contributed by atoms with Crippen LogP contribution in [0.1, 0.15) is 39.7 Å². The van der Waals surface area contributed by atoms with Gasteiger partial charge in [-0.15, -0.1) is 0 Å². The van der Waals surface area contributed by atoms with E-state index >= 15 is 0 Å². The number of carbonyl (C=O) groups excluding carboxylic acids is 1. The number of phenols is 1. The average molecular weight is 496 g/mol. The summed E-state index contributed by atoms with van der Waals surface area (Å²) in [6.07, 6.45) is 2.79. The Hall–Kier alpha value is -3.37. The molecule has 0 spiro atoms. The average Bonchev–Trinajstić information content (AvgIpc) is 3.34. The van der Waals surface area contributed by atoms with E-state index in [1.165, 1.54) is 5.56 Å². The number of hydrogen-bond donors (Lipinski definition) is 2. The Morgan fingerprint density at radius 2 is 1.73 bits per heavy atom. The monoisotopic (exact) mass is 495 g/mol. The molecule has 4 aromatic rings. The number of allylic oxidation sites excluding steroid dienone is 1. The molecule has 1 aliphatic carbocycles. The Bertz CT molecular complexity index is 1490. The predicted molar refractivity (Wildman–Crippen MR) is 137 cm³/mol. The fraction of sp³-hybridized carbons (Fsp3) is 0.138. The molecule has 6 rings (SSSR count). The maximum Gasteiger partial charge on any atom is 0.232 e. The Morgan fingerprint density at radius 3 is 2.61 bits per heavy atom. The number of hydrogen-bond acceptors (Lipinski definition) is 2. The molecule has 2 unspecified atom stereocenters. The predicted octanol–water partition coefficient (Wildman–Crippen LogP) is 7.08. The highest BCUT2D eigenvalue weighted by atomic mass is 79.9. The maximum absolute atomic E-state index is 13.3. The minimum atomic E-state index is -0.310. The van der Waals surface area contributed by atoms with Crippen LogP contribution in [-0.4, -0.2) is 11.0 Å². The number of amides is 1. The molecule has 0 saturated heterocycles. The minimum absolute atomic E-state index is 0.0292. The summed E-state index contributed by atoms with van der Waals surface area (Å²) in [5, 5.41) is 16.0. The molecule has 1 amide bonds. The van der Waals surface area contributed by atoms with Crippen molar-refractivity contribution in [1.82, 2.24) is 0 Å². The van der Waals surface area contributed by atoms with E-state index in [2.05, 4.69) is 52.4 Å². The minimum Gasteiger partial charge on any atom is -0.507 e. The lowest BCUT2D eigenvalue weighted by Crippen LogP contribution is -2.21. The molecule has 2 aliphatic rings. The summed E-state index contributed by atoms with van der Waals surface area (Å²) in [6, 6.07) is 24.2. The van der Waals surface area contributed by atoms with Crippen LogP contribution in [-0.2, 0) is 11.2 Å². The van der Waals surface area contributed by atoms with Crippen LogP contribution in [0.2, 0.25) is 0 Å². The van der Waals surface area contributed by atoms with E-state index in [1.807, 2.05) is 54.6 Å². The second kappa shape index (κ2) is 7.60. The summed E-state index contributed by atoms with van der Waals surface area (Å²) in [6.45, 7) is 2.07. The summed E-state index contributed by atoms with van der Waals surface area (Å²) in [4.78, 5) is 13.3. The summed E-state index contributed by atoms with van der Waals surface area (Å²) < 4.78 is 1.01.